The first kappa shape index (κ1) is 22.4. The number of hydrogen-bond acceptors (Lipinski definition) is 0. The van der Waals surface area contributed by atoms with Crippen LogP contribution in [0.4, 0.5) is 5.69 Å². The van der Waals surface area contributed by atoms with Crippen LogP contribution in [0.5, 0.6) is 0 Å². The molecule has 0 atom stereocenters. The molecule has 4 heteroatoms. The van der Waals surface area contributed by atoms with Crippen molar-refractivity contribution in [1.29, 1.82) is 0 Å². The van der Waals surface area contributed by atoms with Crippen LogP contribution in [-0.2, 0) is 0 Å². The Morgan fingerprint density at radius 2 is 1.24 bits per heavy atom. The maximum absolute atomic E-state index is 4.05. The van der Waals surface area contributed by atoms with Crippen molar-refractivity contribution in [3.05, 3.63) is 30.3 Å². The summed E-state index contributed by atoms with van der Waals surface area (Å²) in [4.78, 5) is 0. The fourth-order valence-electron chi connectivity index (χ4n) is 4.70. The van der Waals surface area contributed by atoms with Crippen LogP contribution < -0.4 is 10.6 Å². The zero-order valence-corrected chi connectivity index (χ0v) is 20.6. The summed E-state index contributed by atoms with van der Waals surface area (Å²) in [5.41, 5.74) is 1.33. The Bertz CT molecular complexity index is 641. The predicted molar refractivity (Wildman–Crippen MR) is 129 cm³/mol. The third-order valence-electron chi connectivity index (χ3n) is 7.52. The molecule has 0 bridgehead atoms. The van der Waals surface area contributed by atoms with Gasteiger partial charge in [0, 0.05) is 0 Å². The van der Waals surface area contributed by atoms with Gasteiger partial charge in [0.1, 0.15) is 0 Å². The van der Waals surface area contributed by atoms with Gasteiger partial charge in [0.2, 0.25) is 8.24 Å². The maximum Gasteiger partial charge on any atom is 0.338 e. The second-order valence-electron chi connectivity index (χ2n) is 10.8. The van der Waals surface area contributed by atoms with Gasteiger partial charge in [0.05, 0.1) is 17.8 Å². The molecule has 0 spiro atoms. The molecule has 0 aliphatic heterocycles. The molecule has 1 aromatic carbocycles. The van der Waals surface area contributed by atoms with Crippen molar-refractivity contribution in [2.75, 3.05) is 0 Å². The molecule has 0 radical (unpaired) electrons. The highest BCUT2D eigenvalue weighted by Crippen LogP contribution is 2.39. The van der Waals surface area contributed by atoms with E-state index in [-0.39, 0.29) is 5.04 Å². The Kier molecular flexibility index (Phi) is 7.47. The summed E-state index contributed by atoms with van der Waals surface area (Å²) in [6.45, 7) is 12.3. The molecular formula is C25H44N3Si+. The summed E-state index contributed by atoms with van der Waals surface area (Å²) in [7, 11) is -1.84. The van der Waals surface area contributed by atoms with Gasteiger partial charge in [-0.2, -0.15) is 0 Å². The van der Waals surface area contributed by atoms with E-state index in [0.717, 1.165) is 0 Å². The normalized spacial score (nSPS) is 19.6. The van der Waals surface area contributed by atoms with Crippen LogP contribution in [0, 0.1) is 0 Å². The Morgan fingerprint density at radius 1 is 0.793 bits per heavy atom. The molecule has 1 aromatic rings. The van der Waals surface area contributed by atoms with Crippen molar-refractivity contribution in [2.24, 2.45) is 0 Å². The van der Waals surface area contributed by atoms with Gasteiger partial charge in [-0.05, 0) is 55.9 Å². The van der Waals surface area contributed by atoms with Crippen LogP contribution in [0.25, 0.3) is 0 Å². The second-order valence-corrected chi connectivity index (χ2v) is 15.9. The summed E-state index contributed by atoms with van der Waals surface area (Å²) >= 11 is 0. The third kappa shape index (κ3) is 5.65. The number of nitrogens with one attached hydrogen (secondary N) is 2. The molecule has 2 saturated carbocycles. The van der Waals surface area contributed by atoms with Gasteiger partial charge in [0.25, 0.3) is 0 Å². The maximum atomic E-state index is 4.05. The Morgan fingerprint density at radius 3 is 1.66 bits per heavy atom. The molecule has 2 fully saturated rings. The highest BCUT2D eigenvalue weighted by atomic mass is 28.3. The van der Waals surface area contributed by atoms with Crippen LogP contribution in [0.3, 0.4) is 0 Å². The van der Waals surface area contributed by atoms with Crippen molar-refractivity contribution in [1.82, 2.24) is 10.6 Å². The van der Waals surface area contributed by atoms with E-state index in [0.29, 0.717) is 12.1 Å². The molecule has 0 aromatic heterocycles. The minimum Gasteiger partial charge on any atom is -0.276 e. The molecule has 3 rings (SSSR count). The van der Waals surface area contributed by atoms with Gasteiger partial charge in [-0.15, -0.1) is 0 Å². The van der Waals surface area contributed by atoms with Gasteiger partial charge in [-0.3, -0.25) is 14.9 Å². The number of hydrogen-bond donors (Lipinski definition) is 2. The summed E-state index contributed by atoms with van der Waals surface area (Å²) < 4.78 is 2.70. The molecule has 162 valence electrons. The number of nitrogens with zero attached hydrogens (tertiary/aromatic N) is 1. The molecule has 0 saturated heterocycles. The van der Waals surface area contributed by atoms with E-state index in [4.69, 9.17) is 0 Å². The van der Waals surface area contributed by atoms with E-state index in [2.05, 4.69) is 79.1 Å². The molecule has 0 unspecified atom stereocenters. The zero-order valence-electron chi connectivity index (χ0n) is 19.6. The van der Waals surface area contributed by atoms with Crippen LogP contribution >= 0.6 is 0 Å². The molecule has 2 aliphatic carbocycles. The summed E-state index contributed by atoms with van der Waals surface area (Å²) in [5.74, 6) is 1.29. The topological polar surface area (TPSA) is 27.1 Å². The first-order valence-electron chi connectivity index (χ1n) is 12.0. The Balaban J connectivity index is 2.05. The average molecular weight is 415 g/mol. The van der Waals surface area contributed by atoms with Gasteiger partial charge in [-0.1, -0.05) is 77.5 Å². The minimum atomic E-state index is -1.84. The summed E-state index contributed by atoms with van der Waals surface area (Å²) in [5, 5.41) is 8.35. The lowest BCUT2D eigenvalue weighted by Crippen LogP contribution is -2.59. The number of para-hydroxylation sites is 1. The summed E-state index contributed by atoms with van der Waals surface area (Å²) in [6.07, 6.45) is 13.4. The van der Waals surface area contributed by atoms with Gasteiger partial charge in [0.15, 0.2) is 0 Å². The molecule has 3 nitrogen and oxygen atoms in total. The average Bonchev–Trinajstić information content (AvgIpc) is 2.69. The van der Waals surface area contributed by atoms with Gasteiger partial charge >= 0.3 is 5.96 Å². The smallest absolute Gasteiger partial charge is 0.276 e. The van der Waals surface area contributed by atoms with Gasteiger partial charge in [-0.25, -0.2) is 0 Å². The number of rotatable bonds is 4. The fourth-order valence-corrected chi connectivity index (χ4v) is 6.85. The van der Waals surface area contributed by atoms with Crippen LogP contribution in [0.2, 0.25) is 18.1 Å². The lowest BCUT2D eigenvalue weighted by atomic mass is 9.95. The predicted octanol–water partition coefficient (Wildman–Crippen LogP) is 6.54. The van der Waals surface area contributed by atoms with Gasteiger partial charge < -0.3 is 0 Å². The van der Waals surface area contributed by atoms with E-state index in [1.54, 1.807) is 0 Å². The lowest BCUT2D eigenvalue weighted by molar-refractivity contribution is -0.310. The standard InChI is InChI=1S/C25H43N3Si/c1-25(2,3)29(4,5)28(23-19-13-8-14-20-23)24(26-21-15-9-6-10-16-21)27-22-17-11-7-12-18-22/h8,13-14,19-22H,6-7,9-12,15-18H2,1-5H3,(H,26,27)/p+1. The molecule has 29 heavy (non-hydrogen) atoms. The SMILES string of the molecule is CC(C)(C)[Si](C)(C)[N+](=C(NC1CCCCC1)NC1CCCCC1)c1ccccc1. The highest BCUT2D eigenvalue weighted by Gasteiger charge is 2.45. The first-order valence-corrected chi connectivity index (χ1v) is 15.0. The van der Waals surface area contributed by atoms with E-state index in [1.807, 2.05) is 0 Å². The first-order chi connectivity index (χ1) is 13.8. The van der Waals surface area contributed by atoms with Crippen molar-refractivity contribution in [3.63, 3.8) is 0 Å². The molecule has 2 N–H and O–H groups in total. The fraction of sp³-hybridized carbons (Fsp3) is 0.720. The van der Waals surface area contributed by atoms with E-state index in [1.165, 1.54) is 75.9 Å². The molecule has 2 aliphatic rings. The molecule has 0 heterocycles. The Hall–Kier alpha value is -1.29. The molecular weight excluding hydrogens is 370 g/mol. The number of benzene rings is 1. The third-order valence-corrected chi connectivity index (χ3v) is 12.8. The van der Waals surface area contributed by atoms with Crippen molar-refractivity contribution in [3.8, 4) is 0 Å². The monoisotopic (exact) mass is 414 g/mol. The Labute approximate surface area is 180 Å². The van der Waals surface area contributed by atoms with Crippen LogP contribution in [0.15, 0.2) is 30.3 Å². The van der Waals surface area contributed by atoms with Crippen molar-refractivity contribution in [2.45, 2.75) is 115 Å². The molecule has 0 amide bonds. The lowest BCUT2D eigenvalue weighted by Gasteiger charge is -2.39. The van der Waals surface area contributed by atoms with E-state index >= 15 is 0 Å². The summed E-state index contributed by atoms with van der Waals surface area (Å²) in [6, 6.07) is 12.3. The minimum absolute atomic E-state index is 0.260. The highest BCUT2D eigenvalue weighted by molar-refractivity contribution is 6.73. The van der Waals surface area contributed by atoms with Crippen LogP contribution in [0.1, 0.15) is 85.0 Å². The van der Waals surface area contributed by atoms with Crippen molar-refractivity contribution >= 4 is 19.9 Å². The van der Waals surface area contributed by atoms with Crippen LogP contribution in [-0.4, -0.2) is 30.5 Å². The quantitative estimate of drug-likeness (QED) is 0.332. The zero-order chi connectivity index (χ0) is 20.9. The number of guanidine groups is 1. The largest absolute Gasteiger partial charge is 0.338 e. The second kappa shape index (κ2) is 9.68. The van der Waals surface area contributed by atoms with E-state index in [9.17, 15) is 0 Å². The van der Waals surface area contributed by atoms with Crippen molar-refractivity contribution < 1.29 is 4.24 Å². The van der Waals surface area contributed by atoms with E-state index < -0.39 is 8.24 Å².